The van der Waals surface area contributed by atoms with Crippen LogP contribution in [-0.2, 0) is 0 Å². The van der Waals surface area contributed by atoms with Gasteiger partial charge in [0.2, 0.25) is 0 Å². The first kappa shape index (κ1) is 13.5. The number of benzene rings is 1. The number of hydrogen-bond acceptors (Lipinski definition) is 2. The molecule has 1 aromatic carbocycles. The molecule has 0 amide bonds. The third-order valence-corrected chi connectivity index (χ3v) is 1.72. The van der Waals surface area contributed by atoms with Gasteiger partial charge in [0.05, 0.1) is 0 Å². The third-order valence-electron chi connectivity index (χ3n) is 1.48. The van der Waals surface area contributed by atoms with Gasteiger partial charge in [0, 0.05) is 11.6 Å². The van der Waals surface area contributed by atoms with Gasteiger partial charge in [-0.15, -0.1) is 12.4 Å². The average Bonchev–Trinajstić information content (AvgIpc) is 2.14. The van der Waals surface area contributed by atoms with Gasteiger partial charge < -0.3 is 10.5 Å². The van der Waals surface area contributed by atoms with E-state index in [1.54, 1.807) is 24.3 Å². The van der Waals surface area contributed by atoms with E-state index in [9.17, 15) is 4.39 Å². The van der Waals surface area contributed by atoms with Crippen molar-refractivity contribution in [3.8, 4) is 5.75 Å². The lowest BCUT2D eigenvalue weighted by Gasteiger charge is -2.08. The van der Waals surface area contributed by atoms with Crippen molar-refractivity contribution in [1.82, 2.24) is 0 Å². The Morgan fingerprint density at radius 2 is 2.21 bits per heavy atom. The molecule has 1 unspecified atom stereocenters. The summed E-state index contributed by atoms with van der Waals surface area (Å²) in [6, 6.07) is 6.82. The number of nitrogens with two attached hydrogens (primary N) is 1. The fraction of sp³-hybridized carbons (Fsp3) is 0.333. The third kappa shape index (κ3) is 4.65. The fourth-order valence-corrected chi connectivity index (χ4v) is 0.992. The lowest BCUT2D eigenvalue weighted by atomic mass is 10.3. The van der Waals surface area contributed by atoms with Gasteiger partial charge in [-0.3, -0.25) is 0 Å². The molecule has 0 bridgehead atoms. The normalized spacial score (nSPS) is 11.6. The van der Waals surface area contributed by atoms with E-state index in [-0.39, 0.29) is 25.6 Å². The van der Waals surface area contributed by atoms with Gasteiger partial charge in [0.25, 0.3) is 0 Å². The van der Waals surface area contributed by atoms with Crippen molar-refractivity contribution in [3.05, 3.63) is 29.3 Å². The zero-order chi connectivity index (χ0) is 9.68. The van der Waals surface area contributed by atoms with E-state index in [4.69, 9.17) is 22.1 Å². The summed E-state index contributed by atoms with van der Waals surface area (Å²) in [4.78, 5) is 0. The molecule has 0 spiro atoms. The molecule has 0 aliphatic rings. The molecule has 80 valence electrons. The second kappa shape index (κ2) is 6.87. The maximum Gasteiger partial charge on any atom is 0.146 e. The zero-order valence-corrected chi connectivity index (χ0v) is 9.02. The molecule has 0 aromatic heterocycles. The summed E-state index contributed by atoms with van der Waals surface area (Å²) < 4.78 is 17.7. The van der Waals surface area contributed by atoms with Crippen molar-refractivity contribution >= 4 is 24.0 Å². The molecule has 0 radical (unpaired) electrons. The lowest BCUT2D eigenvalue weighted by molar-refractivity contribution is 0.201. The number of halogens is 3. The van der Waals surface area contributed by atoms with Crippen molar-refractivity contribution in [1.29, 1.82) is 0 Å². The Morgan fingerprint density at radius 3 is 2.79 bits per heavy atom. The second-order valence-electron chi connectivity index (χ2n) is 2.60. The summed E-state index contributed by atoms with van der Waals surface area (Å²) in [6.45, 7) is -0.0581. The molecule has 0 fully saturated rings. The molecule has 0 saturated carbocycles. The smallest absolute Gasteiger partial charge is 0.146 e. The summed E-state index contributed by atoms with van der Waals surface area (Å²) in [5, 5.41) is 0.570. The fourth-order valence-electron chi connectivity index (χ4n) is 0.811. The highest BCUT2D eigenvalue weighted by molar-refractivity contribution is 6.30. The molecule has 0 saturated heterocycles. The average molecular weight is 240 g/mol. The predicted octanol–water partition coefficient (Wildman–Crippen LogP) is 2.44. The maximum absolute atomic E-state index is 12.6. The van der Waals surface area contributed by atoms with Crippen LogP contribution in [0.25, 0.3) is 0 Å². The van der Waals surface area contributed by atoms with Crippen molar-refractivity contribution in [2.75, 3.05) is 13.2 Å². The molecule has 1 atom stereocenters. The lowest BCUT2D eigenvalue weighted by Crippen LogP contribution is -2.22. The monoisotopic (exact) mass is 239 g/mol. The van der Waals surface area contributed by atoms with E-state index in [0.29, 0.717) is 10.8 Å². The van der Waals surface area contributed by atoms with Crippen molar-refractivity contribution in [3.63, 3.8) is 0 Å². The second-order valence-corrected chi connectivity index (χ2v) is 3.04. The van der Waals surface area contributed by atoms with Crippen LogP contribution in [0.1, 0.15) is 0 Å². The van der Waals surface area contributed by atoms with Crippen molar-refractivity contribution in [2.45, 2.75) is 6.17 Å². The molecule has 0 heterocycles. The van der Waals surface area contributed by atoms with Crippen LogP contribution >= 0.6 is 24.0 Å². The van der Waals surface area contributed by atoms with Gasteiger partial charge >= 0.3 is 0 Å². The van der Waals surface area contributed by atoms with E-state index < -0.39 is 6.17 Å². The molecular formula is C9H12Cl2FNO. The first-order valence-electron chi connectivity index (χ1n) is 3.95. The first-order valence-corrected chi connectivity index (χ1v) is 4.32. The van der Waals surface area contributed by atoms with Crippen LogP contribution < -0.4 is 10.5 Å². The van der Waals surface area contributed by atoms with E-state index in [1.165, 1.54) is 0 Å². The number of rotatable bonds is 4. The van der Waals surface area contributed by atoms with E-state index in [1.807, 2.05) is 0 Å². The Balaban J connectivity index is 0.00000169. The Hall–Kier alpha value is -0.510. The van der Waals surface area contributed by atoms with Crippen LogP contribution in [-0.4, -0.2) is 19.3 Å². The van der Waals surface area contributed by atoms with Gasteiger partial charge in [0.15, 0.2) is 0 Å². The van der Waals surface area contributed by atoms with Gasteiger partial charge in [-0.25, -0.2) is 4.39 Å². The molecule has 0 aliphatic heterocycles. The van der Waals surface area contributed by atoms with E-state index in [2.05, 4.69) is 0 Å². The Bertz CT molecular complexity index is 273. The standard InChI is InChI=1S/C9H11ClFNO.ClH/c10-7-2-1-3-9(4-7)13-6-8(11)5-12;/h1-4,8H,5-6,12H2;1H. The van der Waals surface area contributed by atoms with Gasteiger partial charge in [-0.05, 0) is 18.2 Å². The topological polar surface area (TPSA) is 35.2 Å². The molecule has 14 heavy (non-hydrogen) atoms. The SMILES string of the molecule is Cl.NCC(F)COc1cccc(Cl)c1. The number of hydrogen-bond donors (Lipinski definition) is 1. The molecule has 0 aliphatic carbocycles. The summed E-state index contributed by atoms with van der Waals surface area (Å²) in [7, 11) is 0. The largest absolute Gasteiger partial charge is 0.490 e. The molecule has 1 aromatic rings. The summed E-state index contributed by atoms with van der Waals surface area (Å²) in [6.07, 6.45) is -1.13. The highest BCUT2D eigenvalue weighted by Gasteiger charge is 2.04. The van der Waals surface area contributed by atoms with Crippen LogP contribution in [0.2, 0.25) is 5.02 Å². The Kier molecular flexibility index (Phi) is 6.62. The maximum atomic E-state index is 12.6. The minimum atomic E-state index is -1.13. The van der Waals surface area contributed by atoms with E-state index in [0.717, 1.165) is 0 Å². The van der Waals surface area contributed by atoms with Gasteiger partial charge in [0.1, 0.15) is 18.5 Å². The summed E-state index contributed by atoms with van der Waals surface area (Å²) >= 11 is 5.70. The molecule has 2 nitrogen and oxygen atoms in total. The van der Waals surface area contributed by atoms with Gasteiger partial charge in [-0.2, -0.15) is 0 Å². The summed E-state index contributed by atoms with van der Waals surface area (Å²) in [5.74, 6) is 0.559. The quantitative estimate of drug-likeness (QED) is 0.877. The molecular weight excluding hydrogens is 228 g/mol. The Labute approximate surface area is 93.6 Å². The molecule has 5 heteroatoms. The number of alkyl halides is 1. The highest BCUT2D eigenvalue weighted by Crippen LogP contribution is 2.17. The first-order chi connectivity index (χ1) is 6.22. The van der Waals surface area contributed by atoms with Crippen molar-refractivity contribution < 1.29 is 9.13 Å². The molecule has 1 rings (SSSR count). The summed E-state index contributed by atoms with van der Waals surface area (Å²) in [5.41, 5.74) is 5.09. The van der Waals surface area contributed by atoms with E-state index >= 15 is 0 Å². The van der Waals surface area contributed by atoms with Crippen LogP contribution in [0.15, 0.2) is 24.3 Å². The zero-order valence-electron chi connectivity index (χ0n) is 7.45. The molecule has 2 N–H and O–H groups in total. The minimum absolute atomic E-state index is 0. The van der Waals surface area contributed by atoms with Crippen LogP contribution in [0.3, 0.4) is 0 Å². The minimum Gasteiger partial charge on any atom is -0.490 e. The number of ether oxygens (including phenoxy) is 1. The van der Waals surface area contributed by atoms with Crippen LogP contribution in [0.5, 0.6) is 5.75 Å². The van der Waals surface area contributed by atoms with Crippen LogP contribution in [0.4, 0.5) is 4.39 Å². The van der Waals surface area contributed by atoms with Gasteiger partial charge in [-0.1, -0.05) is 17.7 Å². The highest BCUT2D eigenvalue weighted by atomic mass is 35.5. The predicted molar refractivity (Wildman–Crippen MR) is 58.1 cm³/mol. The van der Waals surface area contributed by atoms with Crippen molar-refractivity contribution in [2.24, 2.45) is 5.73 Å². The Morgan fingerprint density at radius 1 is 1.50 bits per heavy atom. The van der Waals surface area contributed by atoms with Crippen LogP contribution in [0, 0.1) is 0 Å².